The maximum Gasteiger partial charge on any atom is 0.279 e. The van der Waals surface area contributed by atoms with E-state index in [1.165, 1.54) is 11.3 Å². The summed E-state index contributed by atoms with van der Waals surface area (Å²) in [7, 11) is 3.57. The molecule has 28 heavy (non-hydrogen) atoms. The molecule has 0 saturated heterocycles. The summed E-state index contributed by atoms with van der Waals surface area (Å²) in [6.45, 7) is 1.07. The van der Waals surface area contributed by atoms with Crippen LogP contribution in [0.5, 0.6) is 5.75 Å². The molecule has 0 radical (unpaired) electrons. The van der Waals surface area contributed by atoms with E-state index in [0.717, 1.165) is 37.0 Å². The Morgan fingerprint density at radius 3 is 2.75 bits per heavy atom. The van der Waals surface area contributed by atoms with Gasteiger partial charge in [-0.15, -0.1) is 11.3 Å². The maximum atomic E-state index is 12.6. The first-order chi connectivity index (χ1) is 13.5. The highest BCUT2D eigenvalue weighted by atomic mass is 35.5. The standard InChI is InChI=1S/C21H19ClN2O3S/c1-24(11-13-7-8-20(22)28-13)12-21(25)23-16-10-18-15(9-19(16)26-2)14-5-3-4-6-17(14)27-18/h3-10H,11-12H2,1-2H3,(H,23,25)/p+1. The summed E-state index contributed by atoms with van der Waals surface area (Å²) < 4.78 is 12.2. The number of ether oxygens (including phenoxy) is 1. The van der Waals surface area contributed by atoms with E-state index in [-0.39, 0.29) is 5.91 Å². The van der Waals surface area contributed by atoms with E-state index in [1.54, 1.807) is 7.11 Å². The van der Waals surface area contributed by atoms with Crippen LogP contribution in [0.25, 0.3) is 21.9 Å². The van der Waals surface area contributed by atoms with Gasteiger partial charge in [0.1, 0.15) is 23.5 Å². The molecule has 0 aliphatic heterocycles. The molecule has 0 aliphatic carbocycles. The second-order valence-corrected chi connectivity index (χ2v) is 8.51. The summed E-state index contributed by atoms with van der Waals surface area (Å²) >= 11 is 7.51. The second-order valence-electron chi connectivity index (χ2n) is 6.71. The normalized spacial score (nSPS) is 12.4. The van der Waals surface area contributed by atoms with Gasteiger partial charge in [0.15, 0.2) is 6.54 Å². The van der Waals surface area contributed by atoms with Crippen LogP contribution in [0.3, 0.4) is 0 Å². The molecule has 0 aliphatic rings. The number of halogens is 1. The molecule has 0 saturated carbocycles. The zero-order valence-electron chi connectivity index (χ0n) is 15.5. The second kappa shape index (κ2) is 7.83. The number of rotatable bonds is 6. The third-order valence-corrected chi connectivity index (χ3v) is 5.77. The number of carbonyl (C=O) groups is 1. The Kier molecular flexibility index (Phi) is 5.26. The predicted molar refractivity (Wildman–Crippen MR) is 114 cm³/mol. The average Bonchev–Trinajstić information content (AvgIpc) is 3.23. The first-order valence-electron chi connectivity index (χ1n) is 8.88. The van der Waals surface area contributed by atoms with Crippen LogP contribution in [0.1, 0.15) is 4.88 Å². The fourth-order valence-corrected chi connectivity index (χ4v) is 4.49. The lowest BCUT2D eigenvalue weighted by Crippen LogP contribution is -3.08. The number of furan rings is 1. The lowest BCUT2D eigenvalue weighted by Gasteiger charge is -2.14. The highest BCUT2D eigenvalue weighted by molar-refractivity contribution is 7.16. The first kappa shape index (κ1) is 18.8. The zero-order valence-corrected chi connectivity index (χ0v) is 17.1. The molecular formula is C21H20ClN2O3S+. The monoisotopic (exact) mass is 415 g/mol. The number of nitrogens with one attached hydrogen (secondary N) is 2. The molecule has 1 atom stereocenters. The molecule has 1 unspecified atom stereocenters. The number of quaternary nitrogens is 1. The van der Waals surface area contributed by atoms with Crippen molar-refractivity contribution >= 4 is 56.5 Å². The molecule has 144 valence electrons. The number of thiophene rings is 1. The SMILES string of the molecule is COc1cc2c(cc1NC(=O)C[NH+](C)Cc1ccc(Cl)s1)oc1ccccc12. The Morgan fingerprint density at radius 1 is 1.18 bits per heavy atom. The molecule has 4 aromatic rings. The van der Waals surface area contributed by atoms with Crippen molar-refractivity contribution in [1.29, 1.82) is 0 Å². The number of fused-ring (bicyclic) bond motifs is 3. The van der Waals surface area contributed by atoms with Crippen LogP contribution in [-0.2, 0) is 11.3 Å². The summed E-state index contributed by atoms with van der Waals surface area (Å²) in [5.41, 5.74) is 2.12. The molecule has 5 nitrogen and oxygen atoms in total. The summed E-state index contributed by atoms with van der Waals surface area (Å²) in [4.78, 5) is 14.8. The van der Waals surface area contributed by atoms with Gasteiger partial charge >= 0.3 is 0 Å². The van der Waals surface area contributed by atoms with Crippen molar-refractivity contribution in [3.8, 4) is 5.75 Å². The molecule has 2 heterocycles. The highest BCUT2D eigenvalue weighted by Gasteiger charge is 2.16. The first-order valence-corrected chi connectivity index (χ1v) is 10.1. The molecule has 2 aromatic carbocycles. The van der Waals surface area contributed by atoms with Gasteiger partial charge in [-0.1, -0.05) is 29.8 Å². The van der Waals surface area contributed by atoms with Crippen molar-refractivity contribution < 1.29 is 18.8 Å². The van der Waals surface area contributed by atoms with Crippen molar-refractivity contribution in [2.75, 3.05) is 26.0 Å². The minimum absolute atomic E-state index is 0.0890. The number of amides is 1. The number of hydrogen-bond acceptors (Lipinski definition) is 4. The van der Waals surface area contributed by atoms with E-state index in [1.807, 2.05) is 55.6 Å². The summed E-state index contributed by atoms with van der Waals surface area (Å²) in [6.07, 6.45) is 0. The summed E-state index contributed by atoms with van der Waals surface area (Å²) in [5, 5.41) is 4.93. The number of anilines is 1. The minimum atomic E-state index is -0.0890. The predicted octanol–water partition coefficient (Wildman–Crippen LogP) is 3.96. The minimum Gasteiger partial charge on any atom is -0.495 e. The van der Waals surface area contributed by atoms with Gasteiger partial charge in [-0.25, -0.2) is 0 Å². The molecule has 1 amide bonds. The Balaban J connectivity index is 1.52. The largest absolute Gasteiger partial charge is 0.495 e. The van der Waals surface area contributed by atoms with Crippen LogP contribution in [0.15, 0.2) is 52.9 Å². The van der Waals surface area contributed by atoms with Gasteiger partial charge in [-0.3, -0.25) is 4.79 Å². The van der Waals surface area contributed by atoms with E-state index < -0.39 is 0 Å². The molecule has 0 spiro atoms. The van der Waals surface area contributed by atoms with Gasteiger partial charge in [0.05, 0.1) is 29.1 Å². The average molecular weight is 416 g/mol. The van der Waals surface area contributed by atoms with Gasteiger partial charge in [0.2, 0.25) is 0 Å². The Hall–Kier alpha value is -2.54. The Labute approximate surface area is 171 Å². The van der Waals surface area contributed by atoms with Gasteiger partial charge < -0.3 is 19.4 Å². The number of methoxy groups -OCH3 is 1. The maximum absolute atomic E-state index is 12.6. The van der Waals surface area contributed by atoms with Crippen LogP contribution in [0.2, 0.25) is 4.34 Å². The van der Waals surface area contributed by atoms with Crippen LogP contribution in [0.4, 0.5) is 5.69 Å². The Bertz CT molecular complexity index is 1150. The number of hydrogen-bond donors (Lipinski definition) is 2. The third-order valence-electron chi connectivity index (χ3n) is 4.54. The fourth-order valence-electron chi connectivity index (χ4n) is 3.29. The van der Waals surface area contributed by atoms with Crippen molar-refractivity contribution in [3.05, 3.63) is 57.7 Å². The van der Waals surface area contributed by atoms with Crippen LogP contribution in [0, 0.1) is 0 Å². The Morgan fingerprint density at radius 2 is 2.00 bits per heavy atom. The van der Waals surface area contributed by atoms with Crippen molar-refractivity contribution in [1.82, 2.24) is 0 Å². The fraction of sp³-hybridized carbons (Fsp3) is 0.190. The van der Waals surface area contributed by atoms with E-state index in [2.05, 4.69) is 5.32 Å². The molecule has 4 rings (SSSR count). The number of carbonyl (C=O) groups excluding carboxylic acids is 1. The van der Waals surface area contributed by atoms with E-state index in [9.17, 15) is 4.79 Å². The van der Waals surface area contributed by atoms with E-state index in [4.69, 9.17) is 20.8 Å². The molecule has 7 heteroatoms. The van der Waals surface area contributed by atoms with Crippen molar-refractivity contribution in [2.24, 2.45) is 0 Å². The molecular weight excluding hydrogens is 396 g/mol. The van der Waals surface area contributed by atoms with Crippen LogP contribution in [-0.4, -0.2) is 26.6 Å². The molecule has 0 fully saturated rings. The van der Waals surface area contributed by atoms with Crippen molar-refractivity contribution in [3.63, 3.8) is 0 Å². The lowest BCUT2D eigenvalue weighted by molar-refractivity contribution is -0.884. The van der Waals surface area contributed by atoms with Gasteiger partial charge in [-0.05, 0) is 24.3 Å². The van der Waals surface area contributed by atoms with E-state index >= 15 is 0 Å². The molecule has 2 N–H and O–H groups in total. The van der Waals surface area contributed by atoms with Gasteiger partial charge in [-0.2, -0.15) is 0 Å². The van der Waals surface area contributed by atoms with E-state index in [0.29, 0.717) is 23.6 Å². The summed E-state index contributed by atoms with van der Waals surface area (Å²) in [6, 6.07) is 15.4. The van der Waals surface area contributed by atoms with Crippen LogP contribution < -0.4 is 15.0 Å². The quantitative estimate of drug-likeness (QED) is 0.501. The zero-order chi connectivity index (χ0) is 19.7. The van der Waals surface area contributed by atoms with Crippen LogP contribution >= 0.6 is 22.9 Å². The smallest absolute Gasteiger partial charge is 0.279 e. The molecule has 2 aromatic heterocycles. The van der Waals surface area contributed by atoms with Crippen molar-refractivity contribution in [2.45, 2.75) is 6.54 Å². The lowest BCUT2D eigenvalue weighted by atomic mass is 10.1. The van der Waals surface area contributed by atoms with Gasteiger partial charge in [0.25, 0.3) is 5.91 Å². The highest BCUT2D eigenvalue weighted by Crippen LogP contribution is 2.36. The molecule has 0 bridgehead atoms. The third kappa shape index (κ3) is 3.85. The number of para-hydroxylation sites is 1. The topological polar surface area (TPSA) is 55.9 Å². The number of benzene rings is 2. The number of likely N-dealkylation sites (N-methyl/N-ethyl adjacent to an activating group) is 1. The summed E-state index contributed by atoms with van der Waals surface area (Å²) in [5.74, 6) is 0.518. The van der Waals surface area contributed by atoms with Gasteiger partial charge in [0, 0.05) is 16.8 Å².